The van der Waals surface area contributed by atoms with Crippen LogP contribution in [0.15, 0.2) is 6.07 Å². The van der Waals surface area contributed by atoms with E-state index in [2.05, 4.69) is 29.9 Å². The summed E-state index contributed by atoms with van der Waals surface area (Å²) in [5, 5.41) is 13.2. The van der Waals surface area contributed by atoms with Crippen molar-refractivity contribution in [3.05, 3.63) is 17.5 Å². The summed E-state index contributed by atoms with van der Waals surface area (Å²) in [5.74, 6) is 0.712. The smallest absolute Gasteiger partial charge is 0.162 e. The zero-order chi connectivity index (χ0) is 14.2. The topological polar surface area (TPSA) is 54.1 Å². The van der Waals surface area contributed by atoms with Crippen molar-refractivity contribution < 1.29 is 4.74 Å². The maximum atomic E-state index is 8.92. The summed E-state index contributed by atoms with van der Waals surface area (Å²) in [4.78, 5) is 2.49. The van der Waals surface area contributed by atoms with E-state index >= 15 is 0 Å². The Morgan fingerprint density at radius 3 is 3.10 bits per heavy atom. The Morgan fingerprint density at radius 1 is 1.50 bits per heavy atom. The molecule has 1 aromatic heterocycles. The van der Waals surface area contributed by atoms with Gasteiger partial charge in [-0.3, -0.25) is 9.58 Å². The van der Waals surface area contributed by atoms with Crippen molar-refractivity contribution in [3.63, 3.8) is 0 Å². The fourth-order valence-corrected chi connectivity index (χ4v) is 3.41. The quantitative estimate of drug-likeness (QED) is 0.825. The first-order chi connectivity index (χ1) is 9.55. The minimum atomic E-state index is 0.0223. The second kappa shape index (κ2) is 5.19. The fourth-order valence-electron chi connectivity index (χ4n) is 3.41. The normalized spacial score (nSPS) is 25.9. The molecule has 2 aliphatic heterocycles. The molecule has 0 saturated carbocycles. The molecular weight excluding hydrogens is 252 g/mol. The zero-order valence-electron chi connectivity index (χ0n) is 12.3. The van der Waals surface area contributed by atoms with Crippen LogP contribution in [0.5, 0.6) is 0 Å². The van der Waals surface area contributed by atoms with Crippen LogP contribution in [0.4, 0.5) is 0 Å². The Morgan fingerprint density at radius 2 is 2.35 bits per heavy atom. The standard InChI is InChI=1S/C15H22N4O/c1-15(2)8-12(3-6-20-15)10-18-4-5-19-14(11-18)7-13(9-16)17-19/h7,12H,3-6,8,10-11H2,1-2H3/t12-/m0/s1. The average molecular weight is 274 g/mol. The molecule has 0 amide bonds. The molecule has 0 aromatic carbocycles. The molecule has 1 aromatic rings. The summed E-state index contributed by atoms with van der Waals surface area (Å²) in [6.45, 7) is 9.20. The van der Waals surface area contributed by atoms with Crippen molar-refractivity contribution in [2.75, 3.05) is 19.7 Å². The van der Waals surface area contributed by atoms with Gasteiger partial charge in [-0.25, -0.2) is 0 Å². The number of hydrogen-bond donors (Lipinski definition) is 0. The third-order valence-corrected chi connectivity index (χ3v) is 4.31. The molecule has 0 bridgehead atoms. The number of fused-ring (bicyclic) bond motifs is 1. The van der Waals surface area contributed by atoms with E-state index in [1.165, 1.54) is 5.69 Å². The van der Waals surface area contributed by atoms with Gasteiger partial charge in [-0.15, -0.1) is 0 Å². The molecule has 0 unspecified atom stereocenters. The molecule has 0 N–H and O–H groups in total. The van der Waals surface area contributed by atoms with Gasteiger partial charge in [-0.2, -0.15) is 10.4 Å². The minimum absolute atomic E-state index is 0.0223. The molecule has 0 spiro atoms. The Labute approximate surface area is 120 Å². The van der Waals surface area contributed by atoms with Crippen LogP contribution in [0.25, 0.3) is 0 Å². The molecule has 5 heteroatoms. The molecule has 3 heterocycles. The Bertz CT molecular complexity index is 528. The van der Waals surface area contributed by atoms with Gasteiger partial charge < -0.3 is 4.74 Å². The lowest BCUT2D eigenvalue weighted by molar-refractivity contribution is -0.0777. The summed E-state index contributed by atoms with van der Waals surface area (Å²) in [7, 11) is 0. The van der Waals surface area contributed by atoms with Gasteiger partial charge in [0.1, 0.15) is 6.07 Å². The number of hydrogen-bond acceptors (Lipinski definition) is 4. The summed E-state index contributed by atoms with van der Waals surface area (Å²) in [6, 6.07) is 4.04. The second-order valence-corrected chi connectivity index (χ2v) is 6.56. The lowest BCUT2D eigenvalue weighted by Gasteiger charge is -2.38. The molecule has 1 fully saturated rings. The largest absolute Gasteiger partial charge is 0.376 e. The van der Waals surface area contributed by atoms with E-state index < -0.39 is 0 Å². The molecule has 0 aliphatic carbocycles. The predicted molar refractivity (Wildman–Crippen MR) is 75.0 cm³/mol. The second-order valence-electron chi connectivity index (χ2n) is 6.56. The summed E-state index contributed by atoms with van der Waals surface area (Å²) < 4.78 is 7.77. The highest BCUT2D eigenvalue weighted by molar-refractivity contribution is 5.23. The van der Waals surface area contributed by atoms with Gasteiger partial charge in [0, 0.05) is 26.2 Å². The van der Waals surface area contributed by atoms with E-state index in [0.29, 0.717) is 11.6 Å². The van der Waals surface area contributed by atoms with E-state index in [4.69, 9.17) is 10.00 Å². The molecule has 20 heavy (non-hydrogen) atoms. The average Bonchev–Trinajstić information content (AvgIpc) is 2.79. The predicted octanol–water partition coefficient (Wildman–Crippen LogP) is 1.78. The van der Waals surface area contributed by atoms with Crippen LogP contribution in [-0.2, 0) is 17.8 Å². The molecule has 2 aliphatic rings. The van der Waals surface area contributed by atoms with E-state index in [1.54, 1.807) is 0 Å². The maximum Gasteiger partial charge on any atom is 0.162 e. The Balaban J connectivity index is 1.61. The fraction of sp³-hybridized carbons (Fsp3) is 0.733. The van der Waals surface area contributed by atoms with E-state index in [0.717, 1.165) is 45.6 Å². The van der Waals surface area contributed by atoms with Crippen molar-refractivity contribution in [1.29, 1.82) is 5.26 Å². The monoisotopic (exact) mass is 274 g/mol. The first-order valence-electron chi connectivity index (χ1n) is 7.39. The number of nitrogens with zero attached hydrogens (tertiary/aromatic N) is 4. The lowest BCUT2D eigenvalue weighted by Crippen LogP contribution is -2.42. The highest BCUT2D eigenvalue weighted by atomic mass is 16.5. The minimum Gasteiger partial charge on any atom is -0.376 e. The van der Waals surface area contributed by atoms with Crippen LogP contribution in [0, 0.1) is 17.2 Å². The van der Waals surface area contributed by atoms with Crippen LogP contribution < -0.4 is 0 Å². The van der Waals surface area contributed by atoms with Gasteiger partial charge in [-0.05, 0) is 38.7 Å². The molecule has 5 nitrogen and oxygen atoms in total. The van der Waals surface area contributed by atoms with Gasteiger partial charge in [0.05, 0.1) is 17.8 Å². The van der Waals surface area contributed by atoms with Gasteiger partial charge in [0.15, 0.2) is 5.69 Å². The number of rotatable bonds is 2. The van der Waals surface area contributed by atoms with Crippen molar-refractivity contribution in [1.82, 2.24) is 14.7 Å². The zero-order valence-corrected chi connectivity index (χ0v) is 12.3. The highest BCUT2D eigenvalue weighted by Gasteiger charge is 2.30. The summed E-state index contributed by atoms with van der Waals surface area (Å²) >= 11 is 0. The van der Waals surface area contributed by atoms with E-state index in [-0.39, 0.29) is 5.60 Å². The van der Waals surface area contributed by atoms with Crippen LogP contribution in [0.1, 0.15) is 38.1 Å². The Hall–Kier alpha value is -1.38. The van der Waals surface area contributed by atoms with Gasteiger partial charge in [0.2, 0.25) is 0 Å². The third-order valence-electron chi connectivity index (χ3n) is 4.31. The third kappa shape index (κ3) is 2.87. The van der Waals surface area contributed by atoms with Gasteiger partial charge in [0.25, 0.3) is 0 Å². The van der Waals surface area contributed by atoms with Crippen LogP contribution in [0.3, 0.4) is 0 Å². The molecule has 1 atom stereocenters. The van der Waals surface area contributed by atoms with Gasteiger partial charge in [-0.1, -0.05) is 0 Å². The molecule has 0 radical (unpaired) electrons. The molecule has 108 valence electrons. The SMILES string of the molecule is CC1(C)C[C@@H](CN2CCn3nc(C#N)cc3C2)CCO1. The maximum absolute atomic E-state index is 8.92. The van der Waals surface area contributed by atoms with Crippen molar-refractivity contribution in [3.8, 4) is 6.07 Å². The summed E-state index contributed by atoms with van der Waals surface area (Å²) in [5.41, 5.74) is 1.72. The molecule has 1 saturated heterocycles. The van der Waals surface area contributed by atoms with Crippen molar-refractivity contribution >= 4 is 0 Å². The van der Waals surface area contributed by atoms with Crippen molar-refractivity contribution in [2.45, 2.75) is 45.4 Å². The number of aromatic nitrogens is 2. The van der Waals surface area contributed by atoms with Gasteiger partial charge >= 0.3 is 0 Å². The van der Waals surface area contributed by atoms with Crippen LogP contribution in [0.2, 0.25) is 0 Å². The highest BCUT2D eigenvalue weighted by Crippen LogP contribution is 2.29. The molecular formula is C15H22N4O. The van der Waals surface area contributed by atoms with Crippen LogP contribution >= 0.6 is 0 Å². The summed E-state index contributed by atoms with van der Waals surface area (Å²) in [6.07, 6.45) is 2.29. The van der Waals surface area contributed by atoms with Crippen LogP contribution in [-0.4, -0.2) is 40.0 Å². The number of ether oxygens (including phenoxy) is 1. The first kappa shape index (κ1) is 13.6. The number of nitriles is 1. The van der Waals surface area contributed by atoms with E-state index in [9.17, 15) is 0 Å². The molecule has 3 rings (SSSR count). The van der Waals surface area contributed by atoms with E-state index in [1.807, 2.05) is 10.7 Å². The lowest BCUT2D eigenvalue weighted by atomic mass is 9.88. The van der Waals surface area contributed by atoms with Crippen molar-refractivity contribution in [2.24, 2.45) is 5.92 Å². The first-order valence-corrected chi connectivity index (χ1v) is 7.39. The Kier molecular flexibility index (Phi) is 3.53.